The van der Waals surface area contributed by atoms with Gasteiger partial charge in [0.15, 0.2) is 6.29 Å². The fourth-order valence-electron chi connectivity index (χ4n) is 3.31. The van der Waals surface area contributed by atoms with E-state index in [-0.39, 0.29) is 26.8 Å². The van der Waals surface area contributed by atoms with Crippen molar-refractivity contribution in [2.45, 2.75) is 41.6 Å². The first-order valence-electron chi connectivity index (χ1n) is 11.6. The molecule has 0 aliphatic carbocycles. The number of hydrogen-bond acceptors (Lipinski definition) is 6. The number of amides is 1. The largest absolute Gasteiger partial charge is 0.362 e. The zero-order valence-electron chi connectivity index (χ0n) is 21.1. The number of aromatic amines is 1. The van der Waals surface area contributed by atoms with Gasteiger partial charge < -0.3 is 16.0 Å². The number of carbonyl (C=O) groups excluding carboxylic acids is 2. The van der Waals surface area contributed by atoms with Crippen molar-refractivity contribution in [3.8, 4) is 0 Å². The third-order valence-corrected chi connectivity index (χ3v) is 7.45. The van der Waals surface area contributed by atoms with E-state index in [1.165, 1.54) is 11.1 Å². The quantitative estimate of drug-likeness (QED) is 0.206. The minimum Gasteiger partial charge on any atom is -0.330 e. The fraction of sp³-hybridized carbons (Fsp3) is 0.269. The van der Waals surface area contributed by atoms with Gasteiger partial charge in [-0.15, -0.1) is 0 Å². The Morgan fingerprint density at radius 1 is 1.13 bits per heavy atom. The second-order valence-corrected chi connectivity index (χ2v) is 10.6. The molecule has 1 aromatic heterocycles. The van der Waals surface area contributed by atoms with E-state index in [0.29, 0.717) is 11.3 Å². The molecule has 4 N–H and O–H groups in total. The smallest absolute Gasteiger partial charge is 0.330 e. The van der Waals surface area contributed by atoms with Crippen LogP contribution in [0.4, 0.5) is 14.5 Å². The number of anilines is 1. The summed E-state index contributed by atoms with van der Waals surface area (Å²) < 4.78 is 26.4. The third-order valence-electron chi connectivity index (χ3n) is 5.19. The monoisotopic (exact) mass is 618 g/mol. The van der Waals surface area contributed by atoms with E-state index in [0.717, 1.165) is 49.6 Å². The lowest BCUT2D eigenvalue weighted by atomic mass is 10.1. The molecule has 0 fully saturated rings. The number of alkyl halides is 3. The van der Waals surface area contributed by atoms with Crippen molar-refractivity contribution in [3.05, 3.63) is 85.2 Å². The number of benzene rings is 2. The Labute approximate surface area is 244 Å². The zero-order valence-corrected chi connectivity index (χ0v) is 24.2. The molecule has 2 heterocycles. The molecule has 1 amide bonds. The van der Waals surface area contributed by atoms with Crippen LogP contribution in [0.15, 0.2) is 57.1 Å². The fourth-order valence-corrected chi connectivity index (χ4v) is 5.02. The Balaban J connectivity index is 0.000000264. The van der Waals surface area contributed by atoms with Gasteiger partial charge in [0, 0.05) is 28.6 Å². The highest BCUT2D eigenvalue weighted by molar-refractivity contribution is 7.99. The molecule has 7 nitrogen and oxygen atoms in total. The summed E-state index contributed by atoms with van der Waals surface area (Å²) in [5.41, 5.74) is 6.47. The van der Waals surface area contributed by atoms with Gasteiger partial charge in [-0.1, -0.05) is 54.0 Å². The van der Waals surface area contributed by atoms with E-state index in [1.807, 2.05) is 17.1 Å². The highest BCUT2D eigenvalue weighted by Crippen LogP contribution is 2.40. The van der Waals surface area contributed by atoms with Crippen molar-refractivity contribution < 1.29 is 18.4 Å². The van der Waals surface area contributed by atoms with Gasteiger partial charge in [0.05, 0.1) is 15.6 Å². The second kappa shape index (κ2) is 15.4. The standard InChI is InChI=1S/C13H6Cl3F2NO2S.C10H12N2O.C3H9N/c14-7-2-1-3-8(15)11(7)22-9-4-10(13(16,17)18)19-12(21)6(9)5-20;1-12-5-8-2-3-10(11-7-13)4-9(8)6-12;1-2-3-4/h1-5H,(H,19,21);2-4,7H,5-6H2,1H3,(H,11,13);2-4H2,1H3. The van der Waals surface area contributed by atoms with Crippen LogP contribution in [0.1, 0.15) is 40.5 Å². The van der Waals surface area contributed by atoms with Crippen LogP contribution in [0, 0.1) is 0 Å². The Kier molecular flexibility index (Phi) is 12.9. The van der Waals surface area contributed by atoms with E-state index in [9.17, 15) is 23.2 Å². The molecule has 13 heteroatoms. The van der Waals surface area contributed by atoms with Gasteiger partial charge in [0.25, 0.3) is 5.56 Å². The number of carbonyl (C=O) groups is 2. The molecule has 210 valence electrons. The van der Waals surface area contributed by atoms with Crippen LogP contribution < -0.4 is 16.6 Å². The van der Waals surface area contributed by atoms with Crippen molar-refractivity contribution in [2.24, 2.45) is 5.73 Å². The lowest BCUT2D eigenvalue weighted by molar-refractivity contribution is -0.105. The van der Waals surface area contributed by atoms with Gasteiger partial charge in [-0.3, -0.25) is 19.3 Å². The number of nitrogens with two attached hydrogens (primary N) is 1. The number of aromatic nitrogens is 1. The van der Waals surface area contributed by atoms with Gasteiger partial charge in [-0.2, -0.15) is 8.78 Å². The molecule has 0 spiro atoms. The topological polar surface area (TPSA) is 108 Å². The highest BCUT2D eigenvalue weighted by atomic mass is 35.5. The first kappa shape index (κ1) is 32.7. The van der Waals surface area contributed by atoms with Crippen LogP contribution in [-0.4, -0.2) is 36.2 Å². The summed E-state index contributed by atoms with van der Waals surface area (Å²) >= 11 is 17.7. The molecule has 0 bridgehead atoms. The predicted octanol–water partition coefficient (Wildman–Crippen LogP) is 6.49. The van der Waals surface area contributed by atoms with Gasteiger partial charge in [-0.05, 0) is 73.1 Å². The second-order valence-electron chi connectivity index (χ2n) is 8.27. The summed E-state index contributed by atoms with van der Waals surface area (Å²) in [7, 11) is 2.09. The first-order valence-corrected chi connectivity index (χ1v) is 13.5. The molecule has 0 saturated heterocycles. The average Bonchev–Trinajstić information content (AvgIpc) is 3.25. The Morgan fingerprint density at radius 2 is 1.74 bits per heavy atom. The summed E-state index contributed by atoms with van der Waals surface area (Å²) in [5, 5.41) is -0.608. The van der Waals surface area contributed by atoms with Crippen LogP contribution in [-0.2, 0) is 23.3 Å². The number of rotatable bonds is 7. The zero-order chi connectivity index (χ0) is 29.2. The predicted molar refractivity (Wildman–Crippen MR) is 153 cm³/mol. The molecule has 2 aromatic carbocycles. The molecular weight excluding hydrogens is 593 g/mol. The molecule has 39 heavy (non-hydrogen) atoms. The number of nitrogens with one attached hydrogen (secondary N) is 2. The maximum atomic E-state index is 13.2. The number of halogens is 5. The number of H-pyrrole nitrogens is 1. The maximum Gasteiger partial charge on any atom is 0.362 e. The van der Waals surface area contributed by atoms with Crippen LogP contribution in [0.5, 0.6) is 0 Å². The lowest BCUT2D eigenvalue weighted by Gasteiger charge is -2.12. The van der Waals surface area contributed by atoms with Gasteiger partial charge in [0.1, 0.15) is 5.69 Å². The van der Waals surface area contributed by atoms with E-state index in [2.05, 4.69) is 30.3 Å². The summed E-state index contributed by atoms with van der Waals surface area (Å²) in [5.74, 6) is 0. The first-order chi connectivity index (χ1) is 18.4. The number of fused-ring (bicyclic) bond motifs is 1. The average molecular weight is 620 g/mol. The number of pyridine rings is 1. The molecule has 3 aromatic rings. The van der Waals surface area contributed by atoms with Gasteiger partial charge in [-0.25, -0.2) is 0 Å². The molecule has 1 aliphatic rings. The van der Waals surface area contributed by atoms with Crippen molar-refractivity contribution in [2.75, 3.05) is 18.9 Å². The minimum absolute atomic E-state index is 0.0240. The van der Waals surface area contributed by atoms with E-state index in [1.54, 1.807) is 18.2 Å². The number of aldehydes is 1. The normalized spacial score (nSPS) is 12.4. The van der Waals surface area contributed by atoms with Crippen LogP contribution in [0.25, 0.3) is 0 Å². The summed E-state index contributed by atoms with van der Waals surface area (Å²) in [6, 6.07) is 11.7. The number of nitrogens with zero attached hydrogens (tertiary/aromatic N) is 1. The minimum atomic E-state index is -3.78. The van der Waals surface area contributed by atoms with Crippen molar-refractivity contribution >= 4 is 64.9 Å². The van der Waals surface area contributed by atoms with E-state index >= 15 is 0 Å². The Bertz CT molecular complexity index is 1330. The lowest BCUT2D eigenvalue weighted by Crippen LogP contribution is -2.20. The van der Waals surface area contributed by atoms with Crippen molar-refractivity contribution in [1.29, 1.82) is 0 Å². The molecule has 4 rings (SSSR count). The van der Waals surface area contributed by atoms with Crippen molar-refractivity contribution in [1.82, 2.24) is 9.88 Å². The molecular formula is C26H27Cl3F2N4O3S. The number of hydrogen-bond donors (Lipinski definition) is 3. The molecule has 0 saturated carbocycles. The summed E-state index contributed by atoms with van der Waals surface area (Å²) in [6.07, 6.45) is 2.07. The third kappa shape index (κ3) is 9.59. The molecule has 0 unspecified atom stereocenters. The molecule has 0 atom stereocenters. The molecule has 0 radical (unpaired) electrons. The molecule has 1 aliphatic heterocycles. The van der Waals surface area contributed by atoms with E-state index in [4.69, 9.17) is 40.5 Å². The van der Waals surface area contributed by atoms with Crippen LogP contribution in [0.2, 0.25) is 10.0 Å². The summed E-state index contributed by atoms with van der Waals surface area (Å²) in [6.45, 7) is 4.86. The van der Waals surface area contributed by atoms with Gasteiger partial charge >= 0.3 is 5.38 Å². The SMILES string of the molecule is CCCN.CN1Cc2ccc(NC=O)cc2C1.O=Cc1c(Sc2c(Cl)cccc2Cl)cc(C(F)(F)Cl)[nH]c1=O. The highest BCUT2D eigenvalue weighted by Gasteiger charge is 2.31. The van der Waals surface area contributed by atoms with Gasteiger partial charge in [0.2, 0.25) is 6.41 Å². The van der Waals surface area contributed by atoms with Crippen molar-refractivity contribution in [3.63, 3.8) is 0 Å². The van der Waals surface area contributed by atoms with Crippen LogP contribution in [0.3, 0.4) is 0 Å². The Morgan fingerprint density at radius 3 is 2.28 bits per heavy atom. The van der Waals surface area contributed by atoms with E-state index < -0.39 is 16.6 Å². The summed E-state index contributed by atoms with van der Waals surface area (Å²) in [4.78, 5) is 37.4. The Hall–Kier alpha value is -2.47. The maximum absolute atomic E-state index is 13.2. The van der Waals surface area contributed by atoms with Crippen LogP contribution >= 0.6 is 46.6 Å².